The third-order valence-electron chi connectivity index (χ3n) is 2.01. The molecule has 0 spiro atoms. The summed E-state index contributed by atoms with van der Waals surface area (Å²) in [6, 6.07) is 0. The van der Waals surface area contributed by atoms with Gasteiger partial charge in [0.25, 0.3) is 0 Å². The Balaban J connectivity index is 3.45. The molecule has 14 heavy (non-hydrogen) atoms. The summed E-state index contributed by atoms with van der Waals surface area (Å²) in [5.74, 6) is 0. The average molecular weight is 194 g/mol. The summed E-state index contributed by atoms with van der Waals surface area (Å²) >= 11 is 0. The van der Waals surface area contributed by atoms with Crippen LogP contribution in [0.2, 0.25) is 0 Å². The Morgan fingerprint density at radius 2 is 1.86 bits per heavy atom. The second-order valence-electron chi connectivity index (χ2n) is 3.10. The van der Waals surface area contributed by atoms with E-state index in [0.717, 1.165) is 50.2 Å². The van der Waals surface area contributed by atoms with Gasteiger partial charge in [-0.15, -0.1) is 0 Å². The standard InChI is InChI=1S/C12H18O2/c1-2-12(11-14)9-7-5-3-4-6-8-10-13/h6,8-11H,2-5,7H2,1H3. The van der Waals surface area contributed by atoms with Crippen molar-refractivity contribution < 1.29 is 9.59 Å². The van der Waals surface area contributed by atoms with E-state index < -0.39 is 0 Å². The lowest BCUT2D eigenvalue weighted by atomic mass is 10.1. The van der Waals surface area contributed by atoms with Gasteiger partial charge in [0, 0.05) is 0 Å². The Bertz CT molecular complexity index is 214. The second-order valence-corrected chi connectivity index (χ2v) is 3.10. The molecule has 0 aromatic carbocycles. The van der Waals surface area contributed by atoms with Gasteiger partial charge < -0.3 is 0 Å². The molecule has 78 valence electrons. The number of unbranched alkanes of at least 4 members (excludes halogenated alkanes) is 3. The van der Waals surface area contributed by atoms with Crippen LogP contribution in [0, 0.1) is 0 Å². The van der Waals surface area contributed by atoms with E-state index >= 15 is 0 Å². The van der Waals surface area contributed by atoms with Crippen molar-refractivity contribution in [2.75, 3.05) is 0 Å². The number of carbonyl (C=O) groups excluding carboxylic acids is 2. The molecule has 0 aliphatic heterocycles. The number of hydrogen-bond acceptors (Lipinski definition) is 2. The molecule has 0 N–H and O–H groups in total. The van der Waals surface area contributed by atoms with E-state index in [-0.39, 0.29) is 0 Å². The quantitative estimate of drug-likeness (QED) is 0.338. The molecule has 0 saturated heterocycles. The summed E-state index contributed by atoms with van der Waals surface area (Å²) in [7, 11) is 0. The first-order chi connectivity index (χ1) is 6.85. The van der Waals surface area contributed by atoms with E-state index in [1.807, 2.05) is 19.1 Å². The summed E-state index contributed by atoms with van der Waals surface area (Å²) in [6.45, 7) is 1.98. The molecular formula is C12H18O2. The van der Waals surface area contributed by atoms with Crippen LogP contribution in [0.1, 0.15) is 39.0 Å². The highest BCUT2D eigenvalue weighted by molar-refractivity contribution is 5.72. The second kappa shape index (κ2) is 9.90. The van der Waals surface area contributed by atoms with E-state index in [1.165, 1.54) is 6.08 Å². The monoisotopic (exact) mass is 194 g/mol. The van der Waals surface area contributed by atoms with Crippen LogP contribution in [-0.4, -0.2) is 12.6 Å². The predicted molar refractivity (Wildman–Crippen MR) is 58.1 cm³/mol. The minimum atomic E-state index is 0.793. The van der Waals surface area contributed by atoms with Crippen LogP contribution < -0.4 is 0 Å². The zero-order valence-electron chi connectivity index (χ0n) is 8.74. The molecule has 0 saturated carbocycles. The third-order valence-corrected chi connectivity index (χ3v) is 2.01. The van der Waals surface area contributed by atoms with Gasteiger partial charge in [-0.3, -0.25) is 9.59 Å². The Morgan fingerprint density at radius 1 is 1.14 bits per heavy atom. The maximum atomic E-state index is 10.4. The number of rotatable bonds is 8. The van der Waals surface area contributed by atoms with Gasteiger partial charge in [-0.05, 0) is 43.8 Å². The van der Waals surface area contributed by atoms with Crippen LogP contribution in [0.3, 0.4) is 0 Å². The van der Waals surface area contributed by atoms with E-state index in [2.05, 4.69) is 0 Å². The molecule has 0 radical (unpaired) electrons. The summed E-state index contributed by atoms with van der Waals surface area (Å²) in [6.07, 6.45) is 12.0. The van der Waals surface area contributed by atoms with Crippen LogP contribution >= 0.6 is 0 Å². The van der Waals surface area contributed by atoms with Crippen molar-refractivity contribution >= 4 is 12.6 Å². The minimum absolute atomic E-state index is 0.793. The van der Waals surface area contributed by atoms with Crippen molar-refractivity contribution in [3.05, 3.63) is 23.8 Å². The average Bonchev–Trinajstić information content (AvgIpc) is 2.22. The third kappa shape index (κ3) is 7.47. The molecule has 0 heterocycles. The molecule has 0 aromatic rings. The van der Waals surface area contributed by atoms with Crippen molar-refractivity contribution in [2.45, 2.75) is 39.0 Å². The van der Waals surface area contributed by atoms with Gasteiger partial charge in [0.2, 0.25) is 0 Å². The van der Waals surface area contributed by atoms with Crippen molar-refractivity contribution in [2.24, 2.45) is 0 Å². The Morgan fingerprint density at radius 3 is 2.43 bits per heavy atom. The predicted octanol–water partition coefficient (Wildman–Crippen LogP) is 2.84. The molecule has 2 nitrogen and oxygen atoms in total. The number of carbonyl (C=O) groups is 2. The fourth-order valence-electron chi connectivity index (χ4n) is 1.12. The highest BCUT2D eigenvalue weighted by Gasteiger charge is 1.89. The van der Waals surface area contributed by atoms with E-state index in [1.54, 1.807) is 0 Å². The number of aldehydes is 2. The van der Waals surface area contributed by atoms with Crippen LogP contribution in [-0.2, 0) is 9.59 Å². The molecule has 0 atom stereocenters. The van der Waals surface area contributed by atoms with Gasteiger partial charge in [0.15, 0.2) is 0 Å². The summed E-state index contributed by atoms with van der Waals surface area (Å²) in [4.78, 5) is 20.3. The molecule has 0 unspecified atom stereocenters. The van der Waals surface area contributed by atoms with Gasteiger partial charge in [-0.2, -0.15) is 0 Å². The fraction of sp³-hybridized carbons (Fsp3) is 0.500. The van der Waals surface area contributed by atoms with Gasteiger partial charge in [0.05, 0.1) is 0 Å². The molecule has 2 heteroatoms. The van der Waals surface area contributed by atoms with Gasteiger partial charge in [-0.25, -0.2) is 0 Å². The fourth-order valence-corrected chi connectivity index (χ4v) is 1.12. The van der Waals surface area contributed by atoms with Crippen molar-refractivity contribution in [3.8, 4) is 0 Å². The number of hydrogen-bond donors (Lipinski definition) is 0. The Hall–Kier alpha value is -1.18. The molecule has 0 aliphatic rings. The van der Waals surface area contributed by atoms with Crippen molar-refractivity contribution in [3.63, 3.8) is 0 Å². The minimum Gasteiger partial charge on any atom is -0.299 e. The molecule has 0 fully saturated rings. The van der Waals surface area contributed by atoms with Gasteiger partial charge in [-0.1, -0.05) is 19.1 Å². The summed E-state index contributed by atoms with van der Waals surface area (Å²) < 4.78 is 0. The first-order valence-electron chi connectivity index (χ1n) is 5.09. The SMILES string of the molecule is CCC(C=O)=CCCCCC=CC=O. The Kier molecular flexibility index (Phi) is 9.07. The lowest BCUT2D eigenvalue weighted by molar-refractivity contribution is -0.105. The zero-order valence-corrected chi connectivity index (χ0v) is 8.74. The molecule has 0 rings (SSSR count). The van der Waals surface area contributed by atoms with E-state index in [4.69, 9.17) is 0 Å². The summed E-state index contributed by atoms with van der Waals surface area (Å²) in [5, 5.41) is 0. The molecule has 0 aliphatic carbocycles. The first-order valence-corrected chi connectivity index (χ1v) is 5.09. The van der Waals surface area contributed by atoms with Crippen LogP contribution in [0.4, 0.5) is 0 Å². The molecule has 0 aromatic heterocycles. The van der Waals surface area contributed by atoms with Crippen molar-refractivity contribution in [1.29, 1.82) is 0 Å². The topological polar surface area (TPSA) is 34.1 Å². The number of allylic oxidation sites excluding steroid dienone is 4. The first kappa shape index (κ1) is 12.8. The molecular weight excluding hydrogens is 176 g/mol. The zero-order chi connectivity index (χ0) is 10.6. The molecule has 0 bridgehead atoms. The molecule has 0 amide bonds. The lowest BCUT2D eigenvalue weighted by Gasteiger charge is -1.95. The largest absolute Gasteiger partial charge is 0.299 e. The van der Waals surface area contributed by atoms with Crippen LogP contribution in [0.25, 0.3) is 0 Å². The lowest BCUT2D eigenvalue weighted by Crippen LogP contribution is -1.82. The van der Waals surface area contributed by atoms with Gasteiger partial charge >= 0.3 is 0 Å². The highest BCUT2D eigenvalue weighted by atomic mass is 16.1. The maximum absolute atomic E-state index is 10.4. The smallest absolute Gasteiger partial charge is 0.145 e. The Labute approximate surface area is 85.7 Å². The maximum Gasteiger partial charge on any atom is 0.145 e. The highest BCUT2D eigenvalue weighted by Crippen LogP contribution is 2.05. The van der Waals surface area contributed by atoms with E-state index in [0.29, 0.717) is 0 Å². The van der Waals surface area contributed by atoms with Crippen LogP contribution in [0.5, 0.6) is 0 Å². The van der Waals surface area contributed by atoms with E-state index in [9.17, 15) is 9.59 Å². The normalized spacial score (nSPS) is 11.9. The summed E-state index contributed by atoms with van der Waals surface area (Å²) in [5.41, 5.74) is 0.883. The van der Waals surface area contributed by atoms with Gasteiger partial charge in [0.1, 0.15) is 12.6 Å². The van der Waals surface area contributed by atoms with Crippen LogP contribution in [0.15, 0.2) is 23.8 Å². The van der Waals surface area contributed by atoms with Crippen molar-refractivity contribution in [1.82, 2.24) is 0 Å².